The number of halogens is 1. The van der Waals surface area contributed by atoms with Crippen LogP contribution in [0.3, 0.4) is 0 Å². The van der Waals surface area contributed by atoms with Crippen molar-refractivity contribution in [2.75, 3.05) is 11.5 Å². The Balaban J connectivity index is 1.96. The van der Waals surface area contributed by atoms with Crippen molar-refractivity contribution in [1.82, 2.24) is 0 Å². The van der Waals surface area contributed by atoms with Gasteiger partial charge in [0.2, 0.25) is 0 Å². The van der Waals surface area contributed by atoms with Crippen LogP contribution in [0.2, 0.25) is 5.02 Å². The molecule has 1 atom stereocenters. The fraction of sp³-hybridized carbons (Fsp3) is 0.115. The minimum absolute atomic E-state index is 0.101. The van der Waals surface area contributed by atoms with Crippen molar-refractivity contribution in [3.63, 3.8) is 0 Å². The molecule has 1 unspecified atom stereocenters. The first-order valence-corrected chi connectivity index (χ1v) is 10.8. The normalized spacial score (nSPS) is 17.0. The number of phenols is 1. The number of Topliss-reactive ketones (excluding diaryl/α,β-unsaturated/α-hetero) is 1. The number of amides is 1. The molecule has 1 aliphatic rings. The highest BCUT2D eigenvalue weighted by atomic mass is 35.5. The van der Waals surface area contributed by atoms with Gasteiger partial charge in [0.25, 0.3) is 11.7 Å². The number of nitrogens with zero attached hydrogens (tertiary/aromatic N) is 2. The maximum atomic E-state index is 13.2. The predicted molar refractivity (Wildman–Crippen MR) is 127 cm³/mol. The molecule has 1 saturated heterocycles. The Labute approximate surface area is 200 Å². The number of phenolic OH excluding ortho intramolecular Hbond substituents is 1. The molecule has 8 heteroatoms. The van der Waals surface area contributed by atoms with Gasteiger partial charge in [-0.05, 0) is 61.0 Å². The zero-order chi connectivity index (χ0) is 24.4. The molecule has 1 fully saturated rings. The first kappa shape index (κ1) is 22.9. The average molecular weight is 475 g/mol. The van der Waals surface area contributed by atoms with Crippen molar-refractivity contribution >= 4 is 34.7 Å². The van der Waals surface area contributed by atoms with E-state index in [2.05, 4.69) is 0 Å². The molecule has 0 aromatic heterocycles. The van der Waals surface area contributed by atoms with Gasteiger partial charge >= 0.3 is 0 Å². The van der Waals surface area contributed by atoms with Crippen LogP contribution in [0.1, 0.15) is 29.7 Å². The molecule has 0 saturated carbocycles. The third kappa shape index (κ3) is 4.07. The van der Waals surface area contributed by atoms with Gasteiger partial charge in [0, 0.05) is 16.3 Å². The van der Waals surface area contributed by atoms with Crippen molar-refractivity contribution in [2.45, 2.75) is 13.0 Å². The van der Waals surface area contributed by atoms with Crippen LogP contribution in [-0.2, 0) is 9.59 Å². The van der Waals surface area contributed by atoms with Gasteiger partial charge in [-0.3, -0.25) is 14.5 Å². The molecule has 0 aliphatic carbocycles. The highest BCUT2D eigenvalue weighted by Crippen LogP contribution is 2.44. The summed E-state index contributed by atoms with van der Waals surface area (Å²) in [4.78, 5) is 27.6. The Morgan fingerprint density at radius 2 is 1.85 bits per heavy atom. The summed E-state index contributed by atoms with van der Waals surface area (Å²) in [6.45, 7) is 2.05. The SMILES string of the molecule is CCOc1cc(C2/C(=C(/O)c3cccc(Cl)c3)C(=O)C(=O)N2c2ccc(C#N)cc2)ccc1O. The van der Waals surface area contributed by atoms with Crippen molar-refractivity contribution < 1.29 is 24.5 Å². The number of carbonyl (C=O) groups is 2. The Morgan fingerprint density at radius 3 is 2.50 bits per heavy atom. The first-order chi connectivity index (χ1) is 16.3. The van der Waals surface area contributed by atoms with Crippen LogP contribution >= 0.6 is 11.6 Å². The zero-order valence-electron chi connectivity index (χ0n) is 18.0. The Morgan fingerprint density at radius 1 is 1.12 bits per heavy atom. The van der Waals surface area contributed by atoms with E-state index in [4.69, 9.17) is 21.6 Å². The fourth-order valence-corrected chi connectivity index (χ4v) is 4.06. The molecule has 3 aromatic rings. The lowest BCUT2D eigenvalue weighted by molar-refractivity contribution is -0.132. The molecule has 3 aromatic carbocycles. The largest absolute Gasteiger partial charge is 0.507 e. The summed E-state index contributed by atoms with van der Waals surface area (Å²) in [6.07, 6.45) is 0. The van der Waals surface area contributed by atoms with Crippen molar-refractivity contribution in [3.8, 4) is 17.6 Å². The number of aromatic hydroxyl groups is 1. The van der Waals surface area contributed by atoms with Crippen LogP contribution in [0.25, 0.3) is 5.76 Å². The number of rotatable bonds is 5. The van der Waals surface area contributed by atoms with Gasteiger partial charge in [-0.1, -0.05) is 29.8 Å². The van der Waals surface area contributed by atoms with Gasteiger partial charge in [0.1, 0.15) is 5.76 Å². The minimum Gasteiger partial charge on any atom is -0.507 e. The molecule has 1 aliphatic heterocycles. The number of carbonyl (C=O) groups excluding carboxylic acids is 2. The predicted octanol–water partition coefficient (Wildman–Crippen LogP) is 4.94. The number of ether oxygens (including phenoxy) is 1. The monoisotopic (exact) mass is 474 g/mol. The molecule has 0 radical (unpaired) electrons. The lowest BCUT2D eigenvalue weighted by Gasteiger charge is -2.26. The highest BCUT2D eigenvalue weighted by Gasteiger charge is 2.47. The average Bonchev–Trinajstić information content (AvgIpc) is 3.10. The number of aliphatic hydroxyl groups excluding tert-OH is 1. The number of ketones is 1. The van der Waals surface area contributed by atoms with Gasteiger partial charge < -0.3 is 14.9 Å². The maximum Gasteiger partial charge on any atom is 0.300 e. The summed E-state index contributed by atoms with van der Waals surface area (Å²) in [7, 11) is 0. The van der Waals surface area contributed by atoms with E-state index in [0.29, 0.717) is 21.8 Å². The van der Waals surface area contributed by atoms with E-state index in [-0.39, 0.29) is 35.0 Å². The molecule has 1 amide bonds. The Kier molecular flexibility index (Phi) is 6.26. The van der Waals surface area contributed by atoms with E-state index in [1.54, 1.807) is 43.3 Å². The van der Waals surface area contributed by atoms with E-state index in [1.807, 2.05) is 6.07 Å². The van der Waals surface area contributed by atoms with Crippen LogP contribution in [-0.4, -0.2) is 28.5 Å². The molecule has 34 heavy (non-hydrogen) atoms. The van der Waals surface area contributed by atoms with Crippen molar-refractivity contribution in [2.24, 2.45) is 0 Å². The van der Waals surface area contributed by atoms with Gasteiger partial charge in [0.05, 0.1) is 29.9 Å². The zero-order valence-corrected chi connectivity index (χ0v) is 18.8. The van der Waals surface area contributed by atoms with Gasteiger partial charge in [-0.15, -0.1) is 0 Å². The molecular weight excluding hydrogens is 456 g/mol. The summed E-state index contributed by atoms with van der Waals surface area (Å²) >= 11 is 6.07. The molecule has 7 nitrogen and oxygen atoms in total. The smallest absolute Gasteiger partial charge is 0.300 e. The number of hydrogen-bond donors (Lipinski definition) is 2. The van der Waals surface area contributed by atoms with Crippen molar-refractivity contribution in [3.05, 3.63) is 94.0 Å². The first-order valence-electron chi connectivity index (χ1n) is 10.4. The van der Waals surface area contributed by atoms with Gasteiger partial charge in [0.15, 0.2) is 11.5 Å². The standard InChI is InChI=1S/C26H19ClN2O5/c1-2-34-21-13-16(8-11-20(21)30)23-22(24(31)17-4-3-5-18(27)12-17)25(32)26(33)29(23)19-9-6-15(14-28)7-10-19/h3-13,23,30-31H,2H2,1H3/b24-22-. The Hall–Kier alpha value is -4.28. The third-order valence-corrected chi connectivity index (χ3v) is 5.65. The fourth-order valence-electron chi connectivity index (χ4n) is 3.87. The van der Waals surface area contributed by atoms with Crippen LogP contribution in [0.4, 0.5) is 5.69 Å². The van der Waals surface area contributed by atoms with E-state index in [9.17, 15) is 19.8 Å². The number of anilines is 1. The molecule has 0 bridgehead atoms. The molecule has 1 heterocycles. The van der Waals surface area contributed by atoms with Crippen LogP contribution < -0.4 is 9.64 Å². The maximum absolute atomic E-state index is 13.2. The summed E-state index contributed by atoms with van der Waals surface area (Å²) < 4.78 is 5.49. The second-order valence-electron chi connectivity index (χ2n) is 7.50. The second-order valence-corrected chi connectivity index (χ2v) is 7.93. The molecular formula is C26H19ClN2O5. The topological polar surface area (TPSA) is 111 Å². The van der Waals surface area contributed by atoms with E-state index < -0.39 is 17.7 Å². The van der Waals surface area contributed by atoms with Crippen LogP contribution in [0, 0.1) is 11.3 Å². The van der Waals surface area contributed by atoms with Gasteiger partial charge in [-0.25, -0.2) is 0 Å². The summed E-state index contributed by atoms with van der Waals surface area (Å²) in [6, 6.07) is 18.0. The molecule has 4 rings (SSSR count). The lowest BCUT2D eigenvalue weighted by Crippen LogP contribution is -2.29. The third-order valence-electron chi connectivity index (χ3n) is 5.42. The van der Waals surface area contributed by atoms with E-state index >= 15 is 0 Å². The molecule has 0 spiro atoms. The molecule has 170 valence electrons. The van der Waals surface area contributed by atoms with E-state index in [1.165, 1.54) is 35.2 Å². The quantitative estimate of drug-likeness (QED) is 0.308. The summed E-state index contributed by atoms with van der Waals surface area (Å²) in [5.41, 5.74) is 1.33. The summed E-state index contributed by atoms with van der Waals surface area (Å²) in [5, 5.41) is 30.8. The number of hydrogen-bond acceptors (Lipinski definition) is 6. The van der Waals surface area contributed by atoms with Crippen molar-refractivity contribution in [1.29, 1.82) is 5.26 Å². The lowest BCUT2D eigenvalue weighted by atomic mass is 9.94. The summed E-state index contributed by atoms with van der Waals surface area (Å²) in [5.74, 6) is -2.03. The number of nitriles is 1. The van der Waals surface area contributed by atoms with Crippen LogP contribution in [0.15, 0.2) is 72.3 Å². The highest BCUT2D eigenvalue weighted by molar-refractivity contribution is 6.51. The number of benzene rings is 3. The Bertz CT molecular complexity index is 1360. The van der Waals surface area contributed by atoms with Crippen LogP contribution in [0.5, 0.6) is 11.5 Å². The second kappa shape index (κ2) is 9.30. The van der Waals surface area contributed by atoms with Gasteiger partial charge in [-0.2, -0.15) is 5.26 Å². The number of aliphatic hydroxyl groups is 1. The molecule has 2 N–H and O–H groups in total. The van der Waals surface area contributed by atoms with E-state index in [0.717, 1.165) is 0 Å². The minimum atomic E-state index is -1.02.